The lowest BCUT2D eigenvalue weighted by molar-refractivity contribution is -0.118. The van der Waals surface area contributed by atoms with Gasteiger partial charge in [-0.2, -0.15) is 4.98 Å². The Bertz CT molecular complexity index is 590. The van der Waals surface area contributed by atoms with Gasteiger partial charge in [0.15, 0.2) is 15.7 Å². The van der Waals surface area contributed by atoms with Crippen molar-refractivity contribution in [2.24, 2.45) is 5.92 Å². The van der Waals surface area contributed by atoms with Gasteiger partial charge in [0.25, 0.3) is 0 Å². The van der Waals surface area contributed by atoms with Crippen molar-refractivity contribution in [1.82, 2.24) is 15.5 Å². The maximum Gasteiger partial charge on any atom is 0.241 e. The predicted octanol–water partition coefficient (Wildman–Crippen LogP) is 1.02. The third kappa shape index (κ3) is 5.45. The highest BCUT2D eigenvalue weighted by atomic mass is 32.2. The topological polar surface area (TPSA) is 102 Å². The maximum atomic E-state index is 11.9. The van der Waals surface area contributed by atoms with Crippen LogP contribution in [-0.2, 0) is 20.4 Å². The van der Waals surface area contributed by atoms with Crippen LogP contribution in [0.2, 0.25) is 0 Å². The quantitative estimate of drug-likeness (QED) is 0.768. The fraction of sp³-hybridized carbons (Fsp3) is 0.769. The van der Waals surface area contributed by atoms with E-state index >= 15 is 0 Å². The van der Waals surface area contributed by atoms with Crippen molar-refractivity contribution in [1.29, 1.82) is 0 Å². The molecule has 118 valence electrons. The van der Waals surface area contributed by atoms with Gasteiger partial charge in [0.05, 0.1) is 0 Å². The fourth-order valence-electron chi connectivity index (χ4n) is 1.82. The van der Waals surface area contributed by atoms with Gasteiger partial charge in [0, 0.05) is 12.5 Å². The van der Waals surface area contributed by atoms with E-state index < -0.39 is 21.5 Å². The van der Waals surface area contributed by atoms with Gasteiger partial charge in [-0.1, -0.05) is 19.0 Å². The third-order valence-electron chi connectivity index (χ3n) is 3.16. The van der Waals surface area contributed by atoms with E-state index in [1.165, 1.54) is 0 Å². The van der Waals surface area contributed by atoms with Crippen molar-refractivity contribution in [2.45, 2.75) is 44.8 Å². The minimum absolute atomic E-state index is 0.0619. The molecule has 0 spiro atoms. The molecular weight excluding hydrogens is 294 g/mol. The molecule has 0 atom stereocenters. The largest absolute Gasteiger partial charge is 0.355 e. The smallest absolute Gasteiger partial charge is 0.241 e. The molecule has 1 aromatic rings. The zero-order chi connectivity index (χ0) is 15.5. The fourth-order valence-corrected chi connectivity index (χ4v) is 2.92. The summed E-state index contributed by atoms with van der Waals surface area (Å²) >= 11 is 0. The van der Waals surface area contributed by atoms with Crippen LogP contribution in [0.25, 0.3) is 0 Å². The number of carbonyl (C=O) groups is 1. The molecule has 0 radical (unpaired) electrons. The van der Waals surface area contributed by atoms with Crippen molar-refractivity contribution >= 4 is 15.7 Å². The van der Waals surface area contributed by atoms with Gasteiger partial charge in [-0.3, -0.25) is 4.79 Å². The summed E-state index contributed by atoms with van der Waals surface area (Å²) in [5.74, 6) is -0.0203. The minimum atomic E-state index is -3.58. The average Bonchev–Trinajstić information content (AvgIpc) is 3.09. The lowest BCUT2D eigenvalue weighted by atomic mass is 10.1. The molecule has 1 aromatic heterocycles. The van der Waals surface area contributed by atoms with Crippen LogP contribution in [-0.4, -0.2) is 36.8 Å². The molecule has 0 unspecified atom stereocenters. The number of hydrogen-bond donors (Lipinski definition) is 1. The molecule has 1 saturated carbocycles. The molecule has 1 aliphatic carbocycles. The Balaban J connectivity index is 1.81. The molecule has 1 fully saturated rings. The van der Waals surface area contributed by atoms with E-state index in [1.54, 1.807) is 0 Å². The minimum Gasteiger partial charge on any atom is -0.355 e. The number of nitrogens with one attached hydrogen (secondary N) is 1. The lowest BCUT2D eigenvalue weighted by Crippen LogP contribution is -2.32. The second-order valence-corrected chi connectivity index (χ2v) is 7.95. The van der Waals surface area contributed by atoms with Gasteiger partial charge in [-0.15, -0.1) is 0 Å². The molecule has 21 heavy (non-hydrogen) atoms. The number of rotatable bonds is 8. The molecule has 0 bridgehead atoms. The maximum absolute atomic E-state index is 11.9. The van der Waals surface area contributed by atoms with Gasteiger partial charge in [-0.25, -0.2) is 8.42 Å². The number of sulfone groups is 1. The van der Waals surface area contributed by atoms with Crippen LogP contribution in [0, 0.1) is 5.92 Å². The number of amides is 1. The van der Waals surface area contributed by atoms with Crippen LogP contribution in [0.4, 0.5) is 0 Å². The van der Waals surface area contributed by atoms with Crippen LogP contribution in [0.1, 0.15) is 50.7 Å². The van der Waals surface area contributed by atoms with Crippen LogP contribution >= 0.6 is 0 Å². The van der Waals surface area contributed by atoms with Gasteiger partial charge in [-0.05, 0) is 25.2 Å². The monoisotopic (exact) mass is 315 g/mol. The standard InChI is InChI=1S/C13H21N3O4S/c1-9(2)5-6-14-11(17)7-21(18,19)8-12-15-13(16-20-12)10-3-4-10/h9-10H,3-8H2,1-2H3,(H,14,17). The Hall–Kier alpha value is -1.44. The Morgan fingerprint density at radius 3 is 2.76 bits per heavy atom. The normalized spacial score (nSPS) is 15.4. The molecule has 1 heterocycles. The first-order chi connectivity index (χ1) is 9.85. The Morgan fingerprint density at radius 1 is 1.43 bits per heavy atom. The summed E-state index contributed by atoms with van der Waals surface area (Å²) in [6.45, 7) is 4.56. The molecule has 8 heteroatoms. The lowest BCUT2D eigenvalue weighted by Gasteiger charge is -2.07. The van der Waals surface area contributed by atoms with Crippen molar-refractivity contribution in [3.05, 3.63) is 11.7 Å². The van der Waals surface area contributed by atoms with E-state index in [-0.39, 0.29) is 11.6 Å². The summed E-state index contributed by atoms with van der Waals surface area (Å²) in [5, 5.41) is 6.36. The van der Waals surface area contributed by atoms with Crippen LogP contribution in [0.5, 0.6) is 0 Å². The summed E-state index contributed by atoms with van der Waals surface area (Å²) in [5.41, 5.74) is 0. The molecule has 1 amide bonds. The number of hydrogen-bond acceptors (Lipinski definition) is 6. The zero-order valence-electron chi connectivity index (χ0n) is 12.3. The molecule has 0 aromatic carbocycles. The Morgan fingerprint density at radius 2 is 2.14 bits per heavy atom. The number of nitrogens with zero attached hydrogens (tertiary/aromatic N) is 2. The van der Waals surface area contributed by atoms with Crippen LogP contribution < -0.4 is 5.32 Å². The van der Waals surface area contributed by atoms with Gasteiger partial charge < -0.3 is 9.84 Å². The number of carbonyl (C=O) groups excluding carboxylic acids is 1. The van der Waals surface area contributed by atoms with Crippen molar-refractivity contribution in [3.63, 3.8) is 0 Å². The van der Waals surface area contributed by atoms with E-state index in [2.05, 4.69) is 15.5 Å². The highest BCUT2D eigenvalue weighted by Gasteiger charge is 2.30. The zero-order valence-corrected chi connectivity index (χ0v) is 13.1. The summed E-state index contributed by atoms with van der Waals surface area (Å²) in [6.07, 6.45) is 2.86. The van der Waals surface area contributed by atoms with Crippen LogP contribution in [0.3, 0.4) is 0 Å². The van der Waals surface area contributed by atoms with E-state index in [4.69, 9.17) is 4.52 Å². The van der Waals surface area contributed by atoms with Crippen molar-refractivity contribution in [2.75, 3.05) is 12.3 Å². The molecule has 1 N–H and O–H groups in total. The SMILES string of the molecule is CC(C)CCNC(=O)CS(=O)(=O)Cc1nc(C2CC2)no1. The summed E-state index contributed by atoms with van der Waals surface area (Å²) < 4.78 is 28.8. The van der Waals surface area contributed by atoms with Crippen LogP contribution in [0.15, 0.2) is 4.52 Å². The second kappa shape index (κ2) is 6.55. The van der Waals surface area contributed by atoms with E-state index in [9.17, 15) is 13.2 Å². The summed E-state index contributed by atoms with van der Waals surface area (Å²) in [4.78, 5) is 15.7. The van der Waals surface area contributed by atoms with Crippen molar-refractivity contribution < 1.29 is 17.7 Å². The first kappa shape index (κ1) is 15.9. The molecule has 7 nitrogen and oxygen atoms in total. The molecule has 0 saturated heterocycles. The first-order valence-electron chi connectivity index (χ1n) is 7.15. The summed E-state index contributed by atoms with van der Waals surface area (Å²) in [6, 6.07) is 0. The first-order valence-corrected chi connectivity index (χ1v) is 8.97. The highest BCUT2D eigenvalue weighted by Crippen LogP contribution is 2.38. The molecule has 2 rings (SSSR count). The summed E-state index contributed by atoms with van der Waals surface area (Å²) in [7, 11) is -3.58. The van der Waals surface area contributed by atoms with Gasteiger partial charge in [0.1, 0.15) is 11.5 Å². The van der Waals surface area contributed by atoms with Gasteiger partial charge >= 0.3 is 0 Å². The van der Waals surface area contributed by atoms with E-state index in [0.29, 0.717) is 24.2 Å². The molecule has 0 aliphatic heterocycles. The van der Waals surface area contributed by atoms with Gasteiger partial charge in [0.2, 0.25) is 11.8 Å². The third-order valence-corrected chi connectivity index (χ3v) is 4.55. The van der Waals surface area contributed by atoms with E-state index in [0.717, 1.165) is 19.3 Å². The Kier molecular flexibility index (Phi) is 4.97. The average molecular weight is 315 g/mol. The van der Waals surface area contributed by atoms with E-state index in [1.807, 2.05) is 13.8 Å². The Labute approximate surface area is 124 Å². The number of aromatic nitrogens is 2. The highest BCUT2D eigenvalue weighted by molar-refractivity contribution is 7.91. The molecule has 1 aliphatic rings. The molecular formula is C13H21N3O4S. The van der Waals surface area contributed by atoms with Crippen molar-refractivity contribution in [3.8, 4) is 0 Å². The predicted molar refractivity (Wildman–Crippen MR) is 76.2 cm³/mol. The second-order valence-electron chi connectivity index (χ2n) is 5.89.